The number of nitrogens with zero attached hydrogens (tertiary/aromatic N) is 3. The molecule has 3 N–H and O–H groups in total. The molecule has 0 bridgehead atoms. The molecule has 1 saturated heterocycles. The molecule has 1 atom stereocenters. The minimum Gasteiger partial charge on any atom is -0.398 e. The van der Waals surface area contributed by atoms with Crippen molar-refractivity contribution >= 4 is 17.1 Å². The maximum atomic E-state index is 9.01. The number of piperidine rings is 1. The fourth-order valence-electron chi connectivity index (χ4n) is 3.57. The van der Waals surface area contributed by atoms with E-state index in [0.29, 0.717) is 11.3 Å². The second-order valence-electron chi connectivity index (χ2n) is 7.12. The number of nitrogens with one attached hydrogen (secondary N) is 1. The topological polar surface area (TPSA) is 77.4 Å². The highest BCUT2D eigenvalue weighted by molar-refractivity contribution is 5.92. The van der Waals surface area contributed by atoms with E-state index in [1.807, 2.05) is 13.0 Å². The molecule has 2 aliphatic rings. The number of hydrogen-bond acceptors (Lipinski definition) is 5. The Labute approximate surface area is 155 Å². The first-order valence-electron chi connectivity index (χ1n) is 9.29. The molecule has 3 rings (SSSR count). The van der Waals surface area contributed by atoms with Crippen molar-refractivity contribution in [3.05, 3.63) is 47.7 Å². The van der Waals surface area contributed by atoms with Crippen LogP contribution in [0.2, 0.25) is 0 Å². The summed E-state index contributed by atoms with van der Waals surface area (Å²) in [5.74, 6) is 0. The van der Waals surface area contributed by atoms with Crippen LogP contribution in [0.3, 0.4) is 0 Å². The van der Waals surface area contributed by atoms with Crippen LogP contribution < -0.4 is 11.1 Å². The van der Waals surface area contributed by atoms with Crippen molar-refractivity contribution in [1.82, 2.24) is 10.2 Å². The van der Waals surface area contributed by atoms with Crippen molar-refractivity contribution in [2.75, 3.05) is 25.4 Å². The number of likely N-dealkylation sites (tertiary alicyclic amines) is 1. The van der Waals surface area contributed by atoms with Crippen molar-refractivity contribution in [1.29, 1.82) is 5.26 Å². The number of hydrogen-bond donors (Lipinski definition) is 2. The van der Waals surface area contributed by atoms with Gasteiger partial charge < -0.3 is 16.0 Å². The van der Waals surface area contributed by atoms with E-state index >= 15 is 0 Å². The number of benzene rings is 1. The third-order valence-electron chi connectivity index (χ3n) is 5.01. The van der Waals surface area contributed by atoms with Gasteiger partial charge in [-0.1, -0.05) is 6.58 Å². The lowest BCUT2D eigenvalue weighted by Gasteiger charge is -2.31. The first-order valence-corrected chi connectivity index (χ1v) is 9.29. The summed E-state index contributed by atoms with van der Waals surface area (Å²) in [5, 5.41) is 12.6. The van der Waals surface area contributed by atoms with Crippen molar-refractivity contribution in [2.45, 2.75) is 38.6 Å². The quantitative estimate of drug-likeness (QED) is 0.800. The Morgan fingerprint density at radius 2 is 2.15 bits per heavy atom. The molecule has 1 aromatic rings. The van der Waals surface area contributed by atoms with Crippen LogP contribution in [0.25, 0.3) is 5.70 Å². The molecule has 0 spiro atoms. The maximum Gasteiger partial charge on any atom is 0.0992 e. The lowest BCUT2D eigenvalue weighted by Crippen LogP contribution is -2.38. The zero-order chi connectivity index (χ0) is 18.5. The van der Waals surface area contributed by atoms with Crippen LogP contribution in [0, 0.1) is 11.3 Å². The molecule has 0 aromatic heterocycles. The maximum absolute atomic E-state index is 9.01. The second kappa shape index (κ2) is 8.20. The highest BCUT2D eigenvalue weighted by Gasteiger charge is 2.18. The Kier molecular flexibility index (Phi) is 5.75. The lowest BCUT2D eigenvalue weighted by molar-refractivity contribution is 0.278. The van der Waals surface area contributed by atoms with Crippen LogP contribution in [0.15, 0.2) is 41.5 Å². The zero-order valence-electron chi connectivity index (χ0n) is 15.5. The molecule has 0 saturated carbocycles. The van der Waals surface area contributed by atoms with Crippen LogP contribution in [0.4, 0.5) is 5.69 Å². The summed E-state index contributed by atoms with van der Waals surface area (Å²) in [5.41, 5.74) is 11.3. The van der Waals surface area contributed by atoms with E-state index in [2.05, 4.69) is 33.9 Å². The number of nitriles is 1. The van der Waals surface area contributed by atoms with Crippen LogP contribution in [-0.4, -0.2) is 36.3 Å². The molecule has 136 valence electrons. The van der Waals surface area contributed by atoms with E-state index in [0.717, 1.165) is 48.7 Å². The Morgan fingerprint density at radius 3 is 2.85 bits per heavy atom. The van der Waals surface area contributed by atoms with Crippen molar-refractivity contribution < 1.29 is 0 Å². The van der Waals surface area contributed by atoms with Gasteiger partial charge in [-0.2, -0.15) is 5.26 Å². The molecular formula is C21H27N5. The average molecular weight is 349 g/mol. The van der Waals surface area contributed by atoms with Gasteiger partial charge in [-0.15, -0.1) is 0 Å². The second-order valence-corrected chi connectivity index (χ2v) is 7.12. The summed E-state index contributed by atoms with van der Waals surface area (Å²) < 4.78 is 0. The molecule has 1 aromatic carbocycles. The summed E-state index contributed by atoms with van der Waals surface area (Å²) in [7, 11) is 0. The van der Waals surface area contributed by atoms with E-state index < -0.39 is 0 Å². The molecule has 2 aliphatic heterocycles. The smallest absolute Gasteiger partial charge is 0.0992 e. The number of nitrogen functional groups attached to an aromatic ring is 1. The Morgan fingerprint density at radius 1 is 1.38 bits per heavy atom. The van der Waals surface area contributed by atoms with Gasteiger partial charge in [-0.3, -0.25) is 4.99 Å². The van der Waals surface area contributed by atoms with Crippen LogP contribution in [0.5, 0.6) is 0 Å². The van der Waals surface area contributed by atoms with Crippen LogP contribution >= 0.6 is 0 Å². The molecule has 0 aliphatic carbocycles. The average Bonchev–Trinajstić information content (AvgIpc) is 2.66. The molecule has 2 heterocycles. The van der Waals surface area contributed by atoms with Gasteiger partial charge in [0.2, 0.25) is 0 Å². The molecule has 5 heteroatoms. The Bertz CT molecular complexity index is 778. The summed E-state index contributed by atoms with van der Waals surface area (Å²) in [6.45, 7) is 9.32. The summed E-state index contributed by atoms with van der Waals surface area (Å²) in [6, 6.07) is 7.69. The number of anilines is 1. The first kappa shape index (κ1) is 18.2. The van der Waals surface area contributed by atoms with Gasteiger partial charge in [-0.25, -0.2) is 0 Å². The Balaban J connectivity index is 1.68. The Hall–Kier alpha value is -2.58. The minimum atomic E-state index is 0.207. The van der Waals surface area contributed by atoms with Gasteiger partial charge in [0.15, 0.2) is 0 Å². The van der Waals surface area contributed by atoms with Crippen LogP contribution in [-0.2, 0) is 0 Å². The molecule has 1 unspecified atom stereocenters. The summed E-state index contributed by atoms with van der Waals surface area (Å²) >= 11 is 0. The highest BCUT2D eigenvalue weighted by atomic mass is 15.2. The standard InChI is InChI=1S/C21H27N5/c1-15-10-18(24-14-16(2)26-8-4-3-5-9-26)12-21(25-15)19-7-6-17(13-22)11-20(19)23/h6-7,11-12,18,24H,2-5,8-10,14,23H2,1H3. The van der Waals surface area contributed by atoms with Gasteiger partial charge in [0, 0.05) is 54.8 Å². The molecule has 0 radical (unpaired) electrons. The summed E-state index contributed by atoms with van der Waals surface area (Å²) in [6.07, 6.45) is 6.86. The molecule has 1 fully saturated rings. The van der Waals surface area contributed by atoms with Gasteiger partial charge >= 0.3 is 0 Å². The minimum absolute atomic E-state index is 0.207. The van der Waals surface area contributed by atoms with Gasteiger partial charge in [0.05, 0.1) is 17.3 Å². The van der Waals surface area contributed by atoms with E-state index in [9.17, 15) is 0 Å². The van der Waals surface area contributed by atoms with E-state index in [-0.39, 0.29) is 6.04 Å². The largest absolute Gasteiger partial charge is 0.398 e. The van der Waals surface area contributed by atoms with Crippen molar-refractivity contribution in [3.8, 4) is 6.07 Å². The fraction of sp³-hybridized carbons (Fsp3) is 0.429. The molecular weight excluding hydrogens is 322 g/mol. The molecule has 26 heavy (non-hydrogen) atoms. The first-order chi connectivity index (χ1) is 12.6. The number of rotatable bonds is 5. The number of nitrogens with two attached hydrogens (primary N) is 1. The summed E-state index contributed by atoms with van der Waals surface area (Å²) in [4.78, 5) is 7.07. The van der Waals surface area contributed by atoms with E-state index in [1.165, 1.54) is 19.3 Å². The predicted octanol–water partition coefficient (Wildman–Crippen LogP) is 3.30. The van der Waals surface area contributed by atoms with E-state index in [1.54, 1.807) is 12.1 Å². The lowest BCUT2D eigenvalue weighted by atomic mass is 10.00. The third-order valence-corrected chi connectivity index (χ3v) is 5.01. The van der Waals surface area contributed by atoms with Gasteiger partial charge in [0.1, 0.15) is 0 Å². The monoisotopic (exact) mass is 349 g/mol. The fourth-order valence-corrected chi connectivity index (χ4v) is 3.57. The van der Waals surface area contributed by atoms with Crippen molar-refractivity contribution in [3.63, 3.8) is 0 Å². The predicted molar refractivity (Wildman–Crippen MR) is 108 cm³/mol. The normalized spacial score (nSPS) is 20.2. The SMILES string of the molecule is C=C(CNC1C=C(c2ccc(C#N)cc2N)N=C(C)C1)N1CCCCC1. The van der Waals surface area contributed by atoms with Gasteiger partial charge in [0.25, 0.3) is 0 Å². The third kappa shape index (κ3) is 4.33. The molecule has 5 nitrogen and oxygen atoms in total. The van der Waals surface area contributed by atoms with Crippen LogP contribution in [0.1, 0.15) is 43.7 Å². The molecule has 0 amide bonds. The number of aliphatic imine (C=N–C) groups is 1. The van der Waals surface area contributed by atoms with Gasteiger partial charge in [-0.05, 0) is 50.5 Å². The highest BCUT2D eigenvalue weighted by Crippen LogP contribution is 2.27. The van der Waals surface area contributed by atoms with E-state index in [4.69, 9.17) is 11.0 Å². The van der Waals surface area contributed by atoms with Crippen molar-refractivity contribution in [2.24, 2.45) is 4.99 Å². The zero-order valence-corrected chi connectivity index (χ0v) is 15.5.